The SMILES string of the molecule is CON[C@@H]1CON(Cc2ccccc2)C(=O)[C@H]1CSc1ccccc1. The molecule has 25 heavy (non-hydrogen) atoms. The van der Waals surface area contributed by atoms with E-state index in [-0.39, 0.29) is 17.9 Å². The number of nitrogens with one attached hydrogen (secondary N) is 1. The first-order valence-electron chi connectivity index (χ1n) is 8.22. The standard InChI is InChI=1S/C19H22N2O3S/c1-23-20-18-13-24-21(12-15-8-4-2-5-9-15)19(22)17(18)14-25-16-10-6-3-7-11-16/h2-11,17-18,20H,12-14H2,1H3/t17-,18+/m0/s1. The third-order valence-corrected chi connectivity index (χ3v) is 5.20. The van der Waals surface area contributed by atoms with Crippen molar-refractivity contribution in [1.82, 2.24) is 10.5 Å². The minimum Gasteiger partial charge on any atom is -0.305 e. The highest BCUT2D eigenvalue weighted by Gasteiger charge is 2.38. The van der Waals surface area contributed by atoms with Crippen molar-refractivity contribution in [2.24, 2.45) is 5.92 Å². The Morgan fingerprint density at radius 3 is 2.52 bits per heavy atom. The van der Waals surface area contributed by atoms with E-state index in [1.807, 2.05) is 48.5 Å². The lowest BCUT2D eigenvalue weighted by Gasteiger charge is -2.36. The van der Waals surface area contributed by atoms with Crippen LogP contribution in [-0.2, 0) is 21.0 Å². The summed E-state index contributed by atoms with van der Waals surface area (Å²) in [5, 5.41) is 1.47. The molecule has 0 saturated carbocycles. The van der Waals surface area contributed by atoms with Crippen LogP contribution >= 0.6 is 11.8 Å². The van der Waals surface area contributed by atoms with E-state index in [0.29, 0.717) is 18.9 Å². The van der Waals surface area contributed by atoms with Gasteiger partial charge in [0.05, 0.1) is 32.2 Å². The quantitative estimate of drug-likeness (QED) is 0.609. The molecule has 1 amide bonds. The Balaban J connectivity index is 1.67. The second kappa shape index (κ2) is 9.01. The molecule has 1 aliphatic heterocycles. The summed E-state index contributed by atoms with van der Waals surface area (Å²) >= 11 is 1.67. The number of hydroxylamine groups is 3. The average Bonchev–Trinajstić information content (AvgIpc) is 2.65. The van der Waals surface area contributed by atoms with Crippen LogP contribution in [0.4, 0.5) is 0 Å². The largest absolute Gasteiger partial charge is 0.305 e. The number of thioether (sulfide) groups is 1. The third-order valence-electron chi connectivity index (χ3n) is 4.07. The number of nitrogens with zero attached hydrogens (tertiary/aromatic N) is 1. The lowest BCUT2D eigenvalue weighted by Crippen LogP contribution is -2.55. The summed E-state index contributed by atoms with van der Waals surface area (Å²) < 4.78 is 0. The Morgan fingerprint density at radius 1 is 1.16 bits per heavy atom. The van der Waals surface area contributed by atoms with E-state index in [2.05, 4.69) is 17.6 Å². The summed E-state index contributed by atoms with van der Waals surface area (Å²) in [6, 6.07) is 19.8. The van der Waals surface area contributed by atoms with Crippen LogP contribution in [0.5, 0.6) is 0 Å². The van der Waals surface area contributed by atoms with Crippen LogP contribution in [0.15, 0.2) is 65.6 Å². The van der Waals surface area contributed by atoms with Gasteiger partial charge in [-0.25, -0.2) is 5.06 Å². The Morgan fingerprint density at radius 2 is 1.84 bits per heavy atom. The molecule has 3 rings (SSSR count). The molecule has 132 valence electrons. The lowest BCUT2D eigenvalue weighted by atomic mass is 10.0. The fraction of sp³-hybridized carbons (Fsp3) is 0.316. The summed E-state index contributed by atoms with van der Waals surface area (Å²) in [5.41, 5.74) is 3.94. The van der Waals surface area contributed by atoms with Gasteiger partial charge in [0.2, 0.25) is 0 Å². The van der Waals surface area contributed by atoms with Crippen LogP contribution < -0.4 is 5.48 Å². The van der Waals surface area contributed by atoms with Crippen LogP contribution in [-0.4, -0.2) is 36.5 Å². The fourth-order valence-electron chi connectivity index (χ4n) is 2.74. The van der Waals surface area contributed by atoms with E-state index in [9.17, 15) is 4.79 Å². The predicted molar refractivity (Wildman–Crippen MR) is 97.5 cm³/mol. The van der Waals surface area contributed by atoms with Gasteiger partial charge in [0.25, 0.3) is 5.91 Å². The lowest BCUT2D eigenvalue weighted by molar-refractivity contribution is -0.220. The van der Waals surface area contributed by atoms with Gasteiger partial charge < -0.3 is 4.84 Å². The number of hydrogen-bond acceptors (Lipinski definition) is 5. The van der Waals surface area contributed by atoms with Crippen LogP contribution in [0.2, 0.25) is 0 Å². The Bertz CT molecular complexity index is 669. The number of carbonyl (C=O) groups is 1. The minimum atomic E-state index is -0.220. The topological polar surface area (TPSA) is 50.8 Å². The van der Waals surface area contributed by atoms with Crippen molar-refractivity contribution in [3.05, 3.63) is 66.2 Å². The molecule has 2 atom stereocenters. The molecule has 1 fully saturated rings. The van der Waals surface area contributed by atoms with E-state index >= 15 is 0 Å². The first-order chi connectivity index (χ1) is 12.3. The third kappa shape index (κ3) is 4.83. The number of hydrogen-bond donors (Lipinski definition) is 1. The van der Waals surface area contributed by atoms with Crippen molar-refractivity contribution in [2.45, 2.75) is 17.5 Å². The predicted octanol–water partition coefficient (Wildman–Crippen LogP) is 2.89. The van der Waals surface area contributed by atoms with Crippen molar-refractivity contribution in [1.29, 1.82) is 0 Å². The summed E-state index contributed by atoms with van der Waals surface area (Å²) in [5.74, 6) is 0.425. The van der Waals surface area contributed by atoms with Crippen molar-refractivity contribution >= 4 is 17.7 Å². The van der Waals surface area contributed by atoms with Gasteiger partial charge >= 0.3 is 0 Å². The summed E-state index contributed by atoms with van der Waals surface area (Å²) in [7, 11) is 1.56. The van der Waals surface area contributed by atoms with E-state index in [1.54, 1.807) is 18.9 Å². The Kier molecular flexibility index (Phi) is 6.47. The molecule has 2 aromatic rings. The van der Waals surface area contributed by atoms with Gasteiger partial charge in [0.1, 0.15) is 0 Å². The van der Waals surface area contributed by atoms with Crippen LogP contribution in [0, 0.1) is 5.92 Å². The fourth-order valence-corrected chi connectivity index (χ4v) is 3.83. The van der Waals surface area contributed by atoms with Gasteiger partial charge in [-0.15, -0.1) is 11.8 Å². The second-order valence-corrected chi connectivity index (χ2v) is 6.91. The minimum absolute atomic E-state index is 0.0203. The zero-order valence-corrected chi connectivity index (χ0v) is 14.9. The number of carbonyl (C=O) groups excluding carboxylic acids is 1. The van der Waals surface area contributed by atoms with Gasteiger partial charge in [-0.05, 0) is 17.7 Å². The van der Waals surface area contributed by atoms with Gasteiger partial charge in [-0.2, -0.15) is 5.48 Å². The van der Waals surface area contributed by atoms with Gasteiger partial charge in [0, 0.05) is 10.6 Å². The first-order valence-corrected chi connectivity index (χ1v) is 9.21. The summed E-state index contributed by atoms with van der Waals surface area (Å²) in [6.07, 6.45) is 0. The van der Waals surface area contributed by atoms with E-state index < -0.39 is 0 Å². The van der Waals surface area contributed by atoms with Crippen molar-refractivity contribution in [3.8, 4) is 0 Å². The van der Waals surface area contributed by atoms with Crippen molar-refractivity contribution in [2.75, 3.05) is 19.5 Å². The zero-order chi connectivity index (χ0) is 17.5. The smallest absolute Gasteiger partial charge is 0.252 e. The maximum absolute atomic E-state index is 12.9. The highest BCUT2D eigenvalue weighted by atomic mass is 32.2. The second-order valence-electron chi connectivity index (χ2n) is 5.82. The van der Waals surface area contributed by atoms with E-state index in [0.717, 1.165) is 10.5 Å². The van der Waals surface area contributed by atoms with Gasteiger partial charge in [-0.3, -0.25) is 9.63 Å². The molecule has 2 aromatic carbocycles. The molecule has 0 bridgehead atoms. The zero-order valence-electron chi connectivity index (χ0n) is 14.1. The van der Waals surface area contributed by atoms with Crippen molar-refractivity contribution < 1.29 is 14.5 Å². The molecule has 1 saturated heterocycles. The summed E-state index contributed by atoms with van der Waals surface area (Å²) in [6.45, 7) is 0.846. The maximum Gasteiger partial charge on any atom is 0.252 e. The normalized spacial score (nSPS) is 20.7. The van der Waals surface area contributed by atoms with Gasteiger partial charge in [-0.1, -0.05) is 48.5 Å². The number of amides is 1. The highest BCUT2D eigenvalue weighted by Crippen LogP contribution is 2.26. The molecule has 0 unspecified atom stereocenters. The highest BCUT2D eigenvalue weighted by molar-refractivity contribution is 7.99. The van der Waals surface area contributed by atoms with Crippen LogP contribution in [0.25, 0.3) is 0 Å². The van der Waals surface area contributed by atoms with Gasteiger partial charge in [0.15, 0.2) is 0 Å². The molecular formula is C19H22N2O3S. The molecule has 0 spiro atoms. The molecule has 1 N–H and O–H groups in total. The number of benzene rings is 2. The molecule has 1 aliphatic rings. The molecular weight excluding hydrogens is 336 g/mol. The molecule has 0 aromatic heterocycles. The molecule has 6 heteroatoms. The van der Waals surface area contributed by atoms with Crippen LogP contribution in [0.1, 0.15) is 5.56 Å². The molecule has 0 aliphatic carbocycles. The monoisotopic (exact) mass is 358 g/mol. The summed E-state index contributed by atoms with van der Waals surface area (Å²) in [4.78, 5) is 24.8. The van der Waals surface area contributed by atoms with E-state index in [4.69, 9.17) is 9.68 Å². The van der Waals surface area contributed by atoms with Crippen molar-refractivity contribution in [3.63, 3.8) is 0 Å². The maximum atomic E-state index is 12.9. The van der Waals surface area contributed by atoms with E-state index in [1.165, 1.54) is 5.06 Å². The molecule has 1 heterocycles. The Hall–Kier alpha value is -1.86. The first kappa shape index (κ1) is 17.9. The average molecular weight is 358 g/mol. The molecule has 5 nitrogen and oxygen atoms in total. The Labute approximate surface area is 152 Å². The molecule has 0 radical (unpaired) electrons. The number of rotatable bonds is 7. The van der Waals surface area contributed by atoms with Crippen LogP contribution in [0.3, 0.4) is 0 Å².